The van der Waals surface area contributed by atoms with E-state index in [1.165, 1.54) is 4.90 Å². The number of nitrogens with zero attached hydrogens (tertiary/aromatic N) is 2. The molecule has 2 N–H and O–H groups in total. The van der Waals surface area contributed by atoms with E-state index in [-0.39, 0.29) is 29.8 Å². The zero-order chi connectivity index (χ0) is 21.7. The average Bonchev–Trinajstić information content (AvgIpc) is 3.20. The number of aliphatic carboxylic acids is 1. The second-order valence-corrected chi connectivity index (χ2v) is 10.2. The van der Waals surface area contributed by atoms with Gasteiger partial charge in [-0.3, -0.25) is 14.4 Å². The minimum absolute atomic E-state index is 0.134. The molecule has 3 heterocycles. The Balaban J connectivity index is 2.09. The zero-order valence-electron chi connectivity index (χ0n) is 17.0. The maximum atomic E-state index is 13.8. The van der Waals surface area contributed by atoms with Gasteiger partial charge in [0.05, 0.1) is 17.9 Å². The Bertz CT molecular complexity index is 722. The summed E-state index contributed by atoms with van der Waals surface area (Å²) in [5.74, 6) is -3.65. The maximum absolute atomic E-state index is 13.8. The molecular formula is C20H29BrN2O6. The monoisotopic (exact) mass is 472 g/mol. The lowest BCUT2D eigenvalue weighted by Crippen LogP contribution is -2.60. The summed E-state index contributed by atoms with van der Waals surface area (Å²) in [5.41, 5.74) is -1.71. The Morgan fingerprint density at radius 2 is 2.10 bits per heavy atom. The quantitative estimate of drug-likeness (QED) is 0.422. The van der Waals surface area contributed by atoms with Crippen LogP contribution in [-0.2, 0) is 19.1 Å². The second-order valence-electron chi connectivity index (χ2n) is 9.02. The van der Waals surface area contributed by atoms with E-state index in [9.17, 15) is 24.6 Å². The van der Waals surface area contributed by atoms with E-state index in [0.29, 0.717) is 19.4 Å². The molecule has 8 nitrogen and oxygen atoms in total. The minimum Gasteiger partial charge on any atom is -0.481 e. The molecule has 0 aliphatic carbocycles. The van der Waals surface area contributed by atoms with Crippen LogP contribution in [0, 0.1) is 11.8 Å². The van der Waals surface area contributed by atoms with E-state index in [0.717, 1.165) is 0 Å². The van der Waals surface area contributed by atoms with Crippen molar-refractivity contribution in [2.24, 2.45) is 11.8 Å². The lowest BCUT2D eigenvalue weighted by molar-refractivity contribution is -0.152. The third-order valence-electron chi connectivity index (χ3n) is 6.25. The Morgan fingerprint density at radius 1 is 1.45 bits per heavy atom. The van der Waals surface area contributed by atoms with Crippen LogP contribution in [0.15, 0.2) is 12.7 Å². The molecular weight excluding hydrogens is 444 g/mol. The average molecular weight is 473 g/mol. The van der Waals surface area contributed by atoms with Gasteiger partial charge in [-0.2, -0.15) is 0 Å². The maximum Gasteiger partial charge on any atom is 0.310 e. The van der Waals surface area contributed by atoms with Gasteiger partial charge in [0.15, 0.2) is 0 Å². The molecule has 2 amide bonds. The number of aliphatic hydroxyl groups is 1. The third kappa shape index (κ3) is 3.31. The highest BCUT2D eigenvalue weighted by molar-refractivity contribution is 9.09. The number of amides is 2. The molecule has 0 aromatic heterocycles. The number of carboxylic acid groups (broad SMARTS) is 1. The van der Waals surface area contributed by atoms with E-state index >= 15 is 0 Å². The van der Waals surface area contributed by atoms with Gasteiger partial charge in [-0.05, 0) is 33.6 Å². The first-order valence-corrected chi connectivity index (χ1v) is 10.8. The zero-order valence-corrected chi connectivity index (χ0v) is 18.6. The summed E-state index contributed by atoms with van der Waals surface area (Å²) in [5, 5.41) is 19.1. The standard InChI is InChI=1S/C20H29BrN2O6/c1-5-7-23(19(2,3)4)17(26)15-20-10-11(21)14(29-20)12(18(27)28)13(20)16(25)22(15)8-6-9-24/h5,11-15,24H,1,6-10H2,2-4H3,(H,27,28)/t11?,12-,13+,14-,15-,20+/m1/s1. The van der Waals surface area contributed by atoms with Crippen LogP contribution >= 0.6 is 15.9 Å². The van der Waals surface area contributed by atoms with Crippen LogP contribution in [0.1, 0.15) is 33.6 Å². The number of hydrogen-bond acceptors (Lipinski definition) is 5. The highest BCUT2D eigenvalue weighted by atomic mass is 79.9. The molecule has 162 valence electrons. The van der Waals surface area contributed by atoms with Crippen LogP contribution in [0.2, 0.25) is 0 Å². The molecule has 3 saturated heterocycles. The molecule has 9 heteroatoms. The molecule has 6 atom stereocenters. The summed E-state index contributed by atoms with van der Waals surface area (Å²) in [4.78, 5) is 42.0. The number of carbonyl (C=O) groups excluding carboxylic acids is 2. The molecule has 3 aliphatic rings. The van der Waals surface area contributed by atoms with Crippen molar-refractivity contribution >= 4 is 33.7 Å². The van der Waals surface area contributed by atoms with Crippen molar-refractivity contribution in [3.8, 4) is 0 Å². The normalized spacial score (nSPS) is 35.7. The molecule has 1 spiro atoms. The van der Waals surface area contributed by atoms with Crippen molar-refractivity contribution < 1.29 is 29.3 Å². The second kappa shape index (κ2) is 7.67. The number of halogens is 1. The fourth-order valence-corrected chi connectivity index (χ4v) is 6.09. The van der Waals surface area contributed by atoms with Crippen LogP contribution in [0.5, 0.6) is 0 Å². The third-order valence-corrected chi connectivity index (χ3v) is 7.10. The van der Waals surface area contributed by atoms with Gasteiger partial charge in [-0.15, -0.1) is 6.58 Å². The number of ether oxygens (including phenoxy) is 1. The predicted molar refractivity (Wildman–Crippen MR) is 108 cm³/mol. The van der Waals surface area contributed by atoms with Gasteiger partial charge >= 0.3 is 5.97 Å². The van der Waals surface area contributed by atoms with Gasteiger partial charge < -0.3 is 24.7 Å². The van der Waals surface area contributed by atoms with Gasteiger partial charge in [0.25, 0.3) is 0 Å². The fourth-order valence-electron chi connectivity index (χ4n) is 5.14. The van der Waals surface area contributed by atoms with E-state index < -0.39 is 41.1 Å². The van der Waals surface area contributed by atoms with Crippen LogP contribution in [-0.4, -0.2) is 85.6 Å². The first-order valence-electron chi connectivity index (χ1n) is 9.89. The lowest BCUT2D eigenvalue weighted by atomic mass is 9.70. The summed E-state index contributed by atoms with van der Waals surface area (Å²) in [7, 11) is 0. The van der Waals surface area contributed by atoms with Crippen molar-refractivity contribution in [1.82, 2.24) is 9.80 Å². The molecule has 29 heavy (non-hydrogen) atoms. The molecule has 0 radical (unpaired) electrons. The lowest BCUT2D eigenvalue weighted by Gasteiger charge is -2.42. The van der Waals surface area contributed by atoms with Crippen LogP contribution in [0.25, 0.3) is 0 Å². The van der Waals surface area contributed by atoms with E-state index in [1.807, 2.05) is 20.8 Å². The van der Waals surface area contributed by atoms with Crippen molar-refractivity contribution in [2.45, 2.75) is 61.7 Å². The molecule has 3 rings (SSSR count). The summed E-state index contributed by atoms with van der Waals surface area (Å²) >= 11 is 3.51. The van der Waals surface area contributed by atoms with Crippen LogP contribution in [0.4, 0.5) is 0 Å². The largest absolute Gasteiger partial charge is 0.481 e. The van der Waals surface area contributed by atoms with Crippen molar-refractivity contribution in [2.75, 3.05) is 19.7 Å². The molecule has 1 unspecified atom stereocenters. The molecule has 0 saturated carbocycles. The Hall–Kier alpha value is -1.45. The smallest absolute Gasteiger partial charge is 0.310 e. The Morgan fingerprint density at radius 3 is 2.62 bits per heavy atom. The number of likely N-dealkylation sites (tertiary alicyclic amines) is 1. The first kappa shape index (κ1) is 22.2. The van der Waals surface area contributed by atoms with Gasteiger partial charge in [-0.1, -0.05) is 22.0 Å². The topological polar surface area (TPSA) is 107 Å². The number of hydrogen-bond donors (Lipinski definition) is 2. The molecule has 2 bridgehead atoms. The molecule has 0 aromatic rings. The summed E-state index contributed by atoms with van der Waals surface area (Å²) in [6, 6.07) is -0.930. The van der Waals surface area contributed by atoms with Crippen LogP contribution in [0.3, 0.4) is 0 Å². The summed E-state index contributed by atoms with van der Waals surface area (Å²) < 4.78 is 6.20. The Kier molecular flexibility index (Phi) is 5.88. The highest BCUT2D eigenvalue weighted by Crippen LogP contribution is 2.60. The van der Waals surface area contributed by atoms with Crippen molar-refractivity contribution in [3.63, 3.8) is 0 Å². The van der Waals surface area contributed by atoms with Gasteiger partial charge in [0.1, 0.15) is 11.6 Å². The van der Waals surface area contributed by atoms with Crippen molar-refractivity contribution in [1.29, 1.82) is 0 Å². The minimum atomic E-state index is -1.18. The summed E-state index contributed by atoms with van der Waals surface area (Å²) in [6.45, 7) is 9.78. The van der Waals surface area contributed by atoms with E-state index in [4.69, 9.17) is 4.74 Å². The number of carbonyl (C=O) groups is 3. The number of rotatable bonds is 7. The van der Waals surface area contributed by atoms with Crippen molar-refractivity contribution in [3.05, 3.63) is 12.7 Å². The van der Waals surface area contributed by atoms with Gasteiger partial charge in [0.2, 0.25) is 11.8 Å². The number of alkyl halides is 1. The molecule has 3 fully saturated rings. The van der Waals surface area contributed by atoms with E-state index in [2.05, 4.69) is 22.5 Å². The molecule has 3 aliphatic heterocycles. The summed E-state index contributed by atoms with van der Waals surface area (Å²) in [6.07, 6.45) is 1.66. The number of aliphatic hydroxyl groups excluding tert-OH is 1. The first-order chi connectivity index (χ1) is 13.5. The Labute approximate surface area is 179 Å². The van der Waals surface area contributed by atoms with E-state index in [1.54, 1.807) is 11.0 Å². The van der Waals surface area contributed by atoms with Gasteiger partial charge in [-0.25, -0.2) is 0 Å². The number of fused-ring (bicyclic) bond motifs is 1. The predicted octanol–water partition coefficient (Wildman–Crippen LogP) is 1.01. The fraction of sp³-hybridized carbons (Fsp3) is 0.750. The highest BCUT2D eigenvalue weighted by Gasteiger charge is 2.76. The SMILES string of the molecule is C=CCN(C(=O)[C@H]1N(CCCO)C(=O)[C@@H]2[C@@H](C(=O)O)[C@@H]3O[C@@]21CC3Br)C(C)(C)C. The molecule has 0 aromatic carbocycles. The van der Waals surface area contributed by atoms with Crippen LogP contribution < -0.4 is 0 Å². The van der Waals surface area contributed by atoms with Gasteiger partial charge in [0, 0.05) is 30.1 Å². The number of carboxylic acids is 1.